The summed E-state index contributed by atoms with van der Waals surface area (Å²) in [5.41, 5.74) is 2.47. The van der Waals surface area contributed by atoms with Crippen molar-refractivity contribution in [3.63, 3.8) is 0 Å². The first-order valence-corrected chi connectivity index (χ1v) is 5.03. The van der Waals surface area contributed by atoms with Crippen molar-refractivity contribution in [3.05, 3.63) is 36.0 Å². The van der Waals surface area contributed by atoms with E-state index < -0.39 is 0 Å². The van der Waals surface area contributed by atoms with Crippen LogP contribution in [0.1, 0.15) is 27.2 Å². The summed E-state index contributed by atoms with van der Waals surface area (Å²) < 4.78 is 0. The molecule has 0 heterocycles. The van der Waals surface area contributed by atoms with Gasteiger partial charge in [0.25, 0.3) is 0 Å². The quantitative estimate of drug-likeness (QED) is 0.621. The molecular formula is C13H25N. The van der Waals surface area contributed by atoms with Crippen LogP contribution in [0.3, 0.4) is 0 Å². The molecule has 0 bridgehead atoms. The lowest BCUT2D eigenvalue weighted by Crippen LogP contribution is -1.99. The van der Waals surface area contributed by atoms with Crippen molar-refractivity contribution >= 4 is 0 Å². The minimum Gasteiger partial charge on any atom is -0.312 e. The number of nitrogens with zero attached hydrogens (tertiary/aromatic N) is 1. The highest BCUT2D eigenvalue weighted by Gasteiger charge is 1.82. The molecule has 0 aromatic rings. The van der Waals surface area contributed by atoms with Gasteiger partial charge in [-0.25, -0.2) is 0 Å². The third-order valence-corrected chi connectivity index (χ3v) is 1.36. The molecule has 0 N–H and O–H groups in total. The third-order valence-electron chi connectivity index (χ3n) is 1.36. The zero-order chi connectivity index (χ0) is 11.6. The molecule has 0 spiro atoms. The molecule has 0 radical (unpaired) electrons. The van der Waals surface area contributed by atoms with Crippen LogP contribution in [0.5, 0.6) is 0 Å². The summed E-state index contributed by atoms with van der Waals surface area (Å²) in [7, 11) is 6.00. The zero-order valence-corrected chi connectivity index (χ0v) is 10.6. The highest BCUT2D eigenvalue weighted by Crippen LogP contribution is 2.03. The molecule has 82 valence electrons. The number of hydrogen-bond donors (Lipinski definition) is 0. The van der Waals surface area contributed by atoms with Gasteiger partial charge in [0, 0.05) is 0 Å². The molecule has 0 aliphatic carbocycles. The molecule has 0 fully saturated rings. The van der Waals surface area contributed by atoms with Crippen LogP contribution in [0.2, 0.25) is 0 Å². The van der Waals surface area contributed by atoms with Gasteiger partial charge in [0.1, 0.15) is 0 Å². The van der Waals surface area contributed by atoms with Gasteiger partial charge in [0.15, 0.2) is 0 Å². The standard InChI is InChI=1S/C10H16.C3H9N/c1-5-10(6-2)8-7-9(3)4;1-4(2)3/h5,7-8H,3,6H2,1-2,4H3;1-3H3/b8-7-,10-5-;. The molecule has 1 heteroatoms. The summed E-state index contributed by atoms with van der Waals surface area (Å²) in [6.45, 7) is 9.99. The molecule has 0 rings (SSSR count). The topological polar surface area (TPSA) is 3.24 Å². The van der Waals surface area contributed by atoms with Gasteiger partial charge in [-0.05, 0) is 41.4 Å². The van der Waals surface area contributed by atoms with Crippen molar-refractivity contribution in [3.8, 4) is 0 Å². The smallest absolute Gasteiger partial charge is 0.0140 e. The maximum atomic E-state index is 3.78. The van der Waals surface area contributed by atoms with Gasteiger partial charge in [-0.3, -0.25) is 0 Å². The first kappa shape index (κ1) is 15.6. The highest BCUT2D eigenvalue weighted by molar-refractivity contribution is 5.24. The van der Waals surface area contributed by atoms with E-state index in [0.717, 1.165) is 12.0 Å². The zero-order valence-electron chi connectivity index (χ0n) is 10.6. The molecule has 0 saturated heterocycles. The summed E-state index contributed by atoms with van der Waals surface area (Å²) in [4.78, 5) is 2.00. The van der Waals surface area contributed by atoms with E-state index >= 15 is 0 Å². The second-order valence-electron chi connectivity index (χ2n) is 3.74. The van der Waals surface area contributed by atoms with E-state index in [1.54, 1.807) is 0 Å². The molecule has 0 aliphatic heterocycles. The molecule has 0 aromatic heterocycles. The Morgan fingerprint density at radius 2 is 1.64 bits per heavy atom. The summed E-state index contributed by atoms with van der Waals surface area (Å²) in [6, 6.07) is 0. The van der Waals surface area contributed by atoms with Crippen molar-refractivity contribution in [2.45, 2.75) is 27.2 Å². The molecule has 0 aliphatic rings. The molecule has 0 saturated carbocycles. The Morgan fingerprint density at radius 1 is 1.21 bits per heavy atom. The van der Waals surface area contributed by atoms with Gasteiger partial charge in [-0.1, -0.05) is 42.9 Å². The van der Waals surface area contributed by atoms with Crippen LogP contribution in [0.15, 0.2) is 36.0 Å². The van der Waals surface area contributed by atoms with Crippen molar-refractivity contribution in [1.82, 2.24) is 4.90 Å². The molecule has 14 heavy (non-hydrogen) atoms. The van der Waals surface area contributed by atoms with Crippen molar-refractivity contribution in [2.24, 2.45) is 0 Å². The van der Waals surface area contributed by atoms with Gasteiger partial charge >= 0.3 is 0 Å². The lowest BCUT2D eigenvalue weighted by molar-refractivity contribution is 0.505. The van der Waals surface area contributed by atoms with Crippen LogP contribution in [0.4, 0.5) is 0 Å². The van der Waals surface area contributed by atoms with Crippen LogP contribution >= 0.6 is 0 Å². The predicted molar refractivity (Wildman–Crippen MR) is 67.6 cm³/mol. The molecule has 0 atom stereocenters. The average molecular weight is 195 g/mol. The normalized spacial score (nSPS) is 11.5. The molecule has 0 amide bonds. The molecule has 1 nitrogen and oxygen atoms in total. The number of hydrogen-bond acceptors (Lipinski definition) is 1. The van der Waals surface area contributed by atoms with Gasteiger partial charge in [-0.15, -0.1) is 0 Å². The Bertz CT molecular complexity index is 195. The molecule has 0 aromatic carbocycles. The third kappa shape index (κ3) is 17.3. The monoisotopic (exact) mass is 195 g/mol. The Kier molecular flexibility index (Phi) is 11.5. The maximum Gasteiger partial charge on any atom is -0.0140 e. The van der Waals surface area contributed by atoms with E-state index in [2.05, 4.69) is 32.6 Å². The lowest BCUT2D eigenvalue weighted by atomic mass is 10.1. The Balaban J connectivity index is 0. The van der Waals surface area contributed by atoms with Crippen molar-refractivity contribution in [1.29, 1.82) is 0 Å². The van der Waals surface area contributed by atoms with Gasteiger partial charge < -0.3 is 4.90 Å². The van der Waals surface area contributed by atoms with Crippen LogP contribution in [-0.2, 0) is 0 Å². The average Bonchev–Trinajstić information content (AvgIpc) is 2.04. The summed E-state index contributed by atoms with van der Waals surface area (Å²) >= 11 is 0. The minimum absolute atomic E-state index is 1.10. The van der Waals surface area contributed by atoms with E-state index in [-0.39, 0.29) is 0 Å². The largest absolute Gasteiger partial charge is 0.312 e. The fourth-order valence-electron chi connectivity index (χ4n) is 0.667. The fraction of sp³-hybridized carbons (Fsp3) is 0.538. The lowest BCUT2D eigenvalue weighted by Gasteiger charge is -1.92. The Morgan fingerprint density at radius 3 is 1.86 bits per heavy atom. The SMILES string of the molecule is C=C(C)/C=C\C(=C/C)CC.CN(C)C. The summed E-state index contributed by atoms with van der Waals surface area (Å²) in [5.74, 6) is 0. The second-order valence-corrected chi connectivity index (χ2v) is 3.74. The van der Waals surface area contributed by atoms with E-state index in [0.29, 0.717) is 0 Å². The van der Waals surface area contributed by atoms with Gasteiger partial charge in [0.05, 0.1) is 0 Å². The van der Waals surface area contributed by atoms with E-state index in [1.807, 2.05) is 39.0 Å². The first-order valence-electron chi connectivity index (χ1n) is 5.03. The van der Waals surface area contributed by atoms with E-state index in [1.165, 1.54) is 5.57 Å². The number of rotatable bonds is 3. The minimum atomic E-state index is 1.10. The van der Waals surface area contributed by atoms with E-state index in [4.69, 9.17) is 0 Å². The molecule has 0 unspecified atom stereocenters. The van der Waals surface area contributed by atoms with Crippen molar-refractivity contribution < 1.29 is 0 Å². The van der Waals surface area contributed by atoms with Gasteiger partial charge in [-0.2, -0.15) is 0 Å². The van der Waals surface area contributed by atoms with Crippen LogP contribution in [0.25, 0.3) is 0 Å². The van der Waals surface area contributed by atoms with Gasteiger partial charge in [0.2, 0.25) is 0 Å². The van der Waals surface area contributed by atoms with Crippen LogP contribution in [0, 0.1) is 0 Å². The fourth-order valence-corrected chi connectivity index (χ4v) is 0.667. The first-order chi connectivity index (χ1) is 6.43. The van der Waals surface area contributed by atoms with Crippen LogP contribution in [-0.4, -0.2) is 26.0 Å². The Labute approximate surface area is 89.8 Å². The molecular weight excluding hydrogens is 170 g/mol. The van der Waals surface area contributed by atoms with Crippen molar-refractivity contribution in [2.75, 3.05) is 21.1 Å². The maximum absolute atomic E-state index is 3.78. The second kappa shape index (κ2) is 10.3. The number of allylic oxidation sites excluding steroid dienone is 5. The highest BCUT2D eigenvalue weighted by atomic mass is 15.0. The summed E-state index contributed by atoms with van der Waals surface area (Å²) in [6.07, 6.45) is 7.38. The van der Waals surface area contributed by atoms with Crippen LogP contribution < -0.4 is 0 Å². The van der Waals surface area contributed by atoms with E-state index in [9.17, 15) is 0 Å². The Hall–Kier alpha value is -0.820. The summed E-state index contributed by atoms with van der Waals surface area (Å²) in [5, 5.41) is 0. The predicted octanol–water partition coefficient (Wildman–Crippen LogP) is 3.65.